The zero-order valence-corrected chi connectivity index (χ0v) is 14.8. The van der Waals surface area contributed by atoms with E-state index in [1.807, 2.05) is 17.0 Å². The number of pyridine rings is 1. The summed E-state index contributed by atoms with van der Waals surface area (Å²) in [5, 5.41) is 0. The quantitative estimate of drug-likeness (QED) is 0.846. The molecule has 25 heavy (non-hydrogen) atoms. The van der Waals surface area contributed by atoms with E-state index in [0.29, 0.717) is 18.9 Å². The number of carbonyl (C=O) groups excluding carboxylic acids is 2. The number of likely N-dealkylation sites (tertiary alicyclic amines) is 2. The Hall–Kier alpha value is -1.91. The summed E-state index contributed by atoms with van der Waals surface area (Å²) in [4.78, 5) is 33.7. The third-order valence-electron chi connectivity index (χ3n) is 5.87. The second-order valence-electron chi connectivity index (χ2n) is 7.82. The Morgan fingerprint density at radius 2 is 1.92 bits per heavy atom. The number of rotatable bonds is 4. The van der Waals surface area contributed by atoms with Gasteiger partial charge in [-0.25, -0.2) is 0 Å². The molecule has 5 heteroatoms. The Labute approximate surface area is 149 Å². The third kappa shape index (κ3) is 3.70. The molecule has 1 aliphatic carbocycles. The van der Waals surface area contributed by atoms with Gasteiger partial charge in [0.15, 0.2) is 0 Å². The van der Waals surface area contributed by atoms with E-state index in [2.05, 4.69) is 9.88 Å². The maximum absolute atomic E-state index is 13.3. The third-order valence-corrected chi connectivity index (χ3v) is 5.87. The molecule has 3 heterocycles. The predicted octanol–water partition coefficient (Wildman–Crippen LogP) is 2.78. The second kappa shape index (κ2) is 7.14. The van der Waals surface area contributed by atoms with Crippen LogP contribution >= 0.6 is 0 Å². The van der Waals surface area contributed by atoms with Crippen LogP contribution in [-0.2, 0) is 9.59 Å². The minimum Gasteiger partial charge on any atom is -0.342 e. The zero-order chi connectivity index (χ0) is 17.2. The number of hydrogen-bond acceptors (Lipinski definition) is 3. The molecule has 1 saturated carbocycles. The molecule has 1 aromatic rings. The molecule has 0 bridgehead atoms. The topological polar surface area (TPSA) is 53.5 Å². The van der Waals surface area contributed by atoms with Crippen LogP contribution in [0.1, 0.15) is 56.6 Å². The largest absolute Gasteiger partial charge is 0.342 e. The van der Waals surface area contributed by atoms with Gasteiger partial charge in [0.05, 0.1) is 12.0 Å². The van der Waals surface area contributed by atoms with Gasteiger partial charge in [0, 0.05) is 38.4 Å². The maximum atomic E-state index is 13.3. The summed E-state index contributed by atoms with van der Waals surface area (Å²) in [5.74, 6) is 0.866. The van der Waals surface area contributed by atoms with Crippen molar-refractivity contribution in [2.45, 2.75) is 51.0 Å². The molecular weight excluding hydrogens is 314 g/mol. The Kier molecular flexibility index (Phi) is 4.73. The van der Waals surface area contributed by atoms with E-state index in [1.165, 1.54) is 24.8 Å². The lowest BCUT2D eigenvalue weighted by Crippen LogP contribution is -2.40. The lowest BCUT2D eigenvalue weighted by atomic mass is 9.99. The van der Waals surface area contributed by atoms with E-state index in [0.717, 1.165) is 32.4 Å². The molecule has 4 rings (SSSR count). The van der Waals surface area contributed by atoms with Crippen molar-refractivity contribution in [3.8, 4) is 0 Å². The van der Waals surface area contributed by atoms with Crippen LogP contribution in [0.15, 0.2) is 24.5 Å². The molecule has 0 aromatic carbocycles. The van der Waals surface area contributed by atoms with Crippen molar-refractivity contribution in [2.75, 3.05) is 19.6 Å². The number of amides is 2. The molecule has 3 aliphatic rings. The van der Waals surface area contributed by atoms with Crippen molar-refractivity contribution in [3.05, 3.63) is 30.1 Å². The van der Waals surface area contributed by atoms with Gasteiger partial charge in [-0.15, -0.1) is 0 Å². The van der Waals surface area contributed by atoms with E-state index in [-0.39, 0.29) is 23.8 Å². The molecule has 0 radical (unpaired) electrons. The average molecular weight is 341 g/mol. The Morgan fingerprint density at radius 3 is 2.68 bits per heavy atom. The summed E-state index contributed by atoms with van der Waals surface area (Å²) in [6.07, 6.45) is 10.8. The van der Waals surface area contributed by atoms with E-state index < -0.39 is 0 Å². The molecule has 3 fully saturated rings. The summed E-state index contributed by atoms with van der Waals surface area (Å²) in [6.45, 7) is 2.28. The minimum atomic E-state index is -0.159. The van der Waals surface area contributed by atoms with Gasteiger partial charge in [-0.05, 0) is 49.3 Å². The molecule has 2 amide bonds. The molecule has 2 atom stereocenters. The minimum absolute atomic E-state index is 0.130. The molecule has 2 aliphatic heterocycles. The highest BCUT2D eigenvalue weighted by Gasteiger charge is 2.40. The van der Waals surface area contributed by atoms with Crippen molar-refractivity contribution < 1.29 is 9.59 Å². The van der Waals surface area contributed by atoms with Crippen LogP contribution in [-0.4, -0.2) is 46.2 Å². The lowest BCUT2D eigenvalue weighted by Gasteiger charge is -2.32. The average Bonchev–Trinajstić information content (AvgIpc) is 3.41. The van der Waals surface area contributed by atoms with Crippen molar-refractivity contribution in [1.82, 2.24) is 14.8 Å². The van der Waals surface area contributed by atoms with Gasteiger partial charge in [-0.3, -0.25) is 14.6 Å². The van der Waals surface area contributed by atoms with E-state index in [1.54, 1.807) is 12.4 Å². The molecular formula is C20H27N3O2. The molecule has 0 unspecified atom stereocenters. The molecule has 2 saturated heterocycles. The fourth-order valence-electron chi connectivity index (χ4n) is 4.26. The highest BCUT2D eigenvalue weighted by molar-refractivity contribution is 5.89. The van der Waals surface area contributed by atoms with Crippen molar-refractivity contribution in [2.24, 2.45) is 11.8 Å². The van der Waals surface area contributed by atoms with E-state index >= 15 is 0 Å². The Balaban J connectivity index is 1.49. The Morgan fingerprint density at radius 1 is 1.12 bits per heavy atom. The van der Waals surface area contributed by atoms with Crippen LogP contribution in [0.2, 0.25) is 0 Å². The molecule has 134 valence electrons. The first-order chi connectivity index (χ1) is 12.2. The van der Waals surface area contributed by atoms with Crippen LogP contribution in [0, 0.1) is 11.8 Å². The second-order valence-corrected chi connectivity index (χ2v) is 7.82. The van der Waals surface area contributed by atoms with Gasteiger partial charge in [-0.1, -0.05) is 12.8 Å². The summed E-state index contributed by atoms with van der Waals surface area (Å²) < 4.78 is 0. The normalized spacial score (nSPS) is 27.4. The van der Waals surface area contributed by atoms with Gasteiger partial charge in [0.2, 0.25) is 11.8 Å². The Bertz CT molecular complexity index is 629. The lowest BCUT2D eigenvalue weighted by molar-refractivity contribution is -0.138. The van der Waals surface area contributed by atoms with E-state index in [4.69, 9.17) is 0 Å². The van der Waals surface area contributed by atoms with Gasteiger partial charge in [0.25, 0.3) is 0 Å². The van der Waals surface area contributed by atoms with Crippen LogP contribution in [0.25, 0.3) is 0 Å². The van der Waals surface area contributed by atoms with Crippen molar-refractivity contribution >= 4 is 11.8 Å². The summed E-state index contributed by atoms with van der Waals surface area (Å²) in [7, 11) is 0. The summed E-state index contributed by atoms with van der Waals surface area (Å²) in [6, 6.07) is 4.18. The molecule has 0 N–H and O–H groups in total. The van der Waals surface area contributed by atoms with E-state index in [9.17, 15) is 9.59 Å². The van der Waals surface area contributed by atoms with Crippen molar-refractivity contribution in [1.29, 1.82) is 0 Å². The van der Waals surface area contributed by atoms with Crippen LogP contribution in [0.4, 0.5) is 0 Å². The van der Waals surface area contributed by atoms with Crippen LogP contribution in [0.3, 0.4) is 0 Å². The maximum Gasteiger partial charge on any atom is 0.228 e. The number of carbonyl (C=O) groups is 2. The number of hydrogen-bond donors (Lipinski definition) is 0. The fourth-order valence-corrected chi connectivity index (χ4v) is 4.26. The van der Waals surface area contributed by atoms with Gasteiger partial charge < -0.3 is 9.80 Å². The first-order valence-electron chi connectivity index (χ1n) is 9.70. The summed E-state index contributed by atoms with van der Waals surface area (Å²) in [5.41, 5.74) is 1.17. The molecule has 0 spiro atoms. The van der Waals surface area contributed by atoms with Crippen LogP contribution in [0.5, 0.6) is 0 Å². The smallest absolute Gasteiger partial charge is 0.228 e. The predicted molar refractivity (Wildman–Crippen MR) is 94.6 cm³/mol. The monoisotopic (exact) mass is 341 g/mol. The van der Waals surface area contributed by atoms with Crippen molar-refractivity contribution in [3.63, 3.8) is 0 Å². The highest BCUT2D eigenvalue weighted by atomic mass is 16.2. The van der Waals surface area contributed by atoms with Gasteiger partial charge in [-0.2, -0.15) is 0 Å². The highest BCUT2D eigenvalue weighted by Crippen LogP contribution is 2.35. The van der Waals surface area contributed by atoms with Crippen LogP contribution < -0.4 is 0 Å². The molecule has 1 aromatic heterocycles. The standard InChI is InChI=1S/C20H27N3O2/c24-19-12-17(14-22(19)13-15-5-6-15)20(25)23-11-3-1-2-4-18(23)16-7-9-21-10-8-16/h7-10,15,17-18H,1-6,11-14H2/t17-,18-/m1/s1. The SMILES string of the molecule is O=C1C[C@@H](C(=O)N2CCCCC[C@@H]2c2ccncc2)CN1CC1CC1. The van der Waals surface area contributed by atoms with Gasteiger partial charge >= 0.3 is 0 Å². The number of aromatic nitrogens is 1. The first-order valence-corrected chi connectivity index (χ1v) is 9.70. The van der Waals surface area contributed by atoms with Gasteiger partial charge in [0.1, 0.15) is 0 Å². The first kappa shape index (κ1) is 16.6. The molecule has 5 nitrogen and oxygen atoms in total. The fraction of sp³-hybridized carbons (Fsp3) is 0.650. The summed E-state index contributed by atoms with van der Waals surface area (Å²) >= 11 is 0. The number of nitrogens with zero attached hydrogens (tertiary/aromatic N) is 3. The zero-order valence-electron chi connectivity index (χ0n) is 14.8.